The number of rotatable bonds is 4. The summed E-state index contributed by atoms with van der Waals surface area (Å²) in [5.41, 5.74) is 2.36. The summed E-state index contributed by atoms with van der Waals surface area (Å²) >= 11 is 12.6. The Morgan fingerprint density at radius 3 is 2.50 bits per heavy atom. The van der Waals surface area contributed by atoms with E-state index >= 15 is 0 Å². The Morgan fingerprint density at radius 1 is 1.10 bits per heavy atom. The third-order valence-corrected chi connectivity index (χ3v) is 4.09. The van der Waals surface area contributed by atoms with E-state index in [2.05, 4.69) is 31.9 Å². The minimum Gasteiger partial charge on any atom is -0.488 e. The smallest absolute Gasteiger partial charge is 0.130 e. The molecular weight excluding hydrogens is 410 g/mol. The highest BCUT2D eigenvalue weighted by atomic mass is 79.9. The van der Waals surface area contributed by atoms with Crippen LogP contribution in [0.1, 0.15) is 16.7 Å². The summed E-state index contributed by atoms with van der Waals surface area (Å²) in [5, 5.41) is 0. The van der Waals surface area contributed by atoms with Gasteiger partial charge in [-0.15, -0.1) is 11.6 Å². The highest BCUT2D eigenvalue weighted by Crippen LogP contribution is 2.30. The molecule has 5 heteroatoms. The molecule has 0 amide bonds. The molecule has 106 valence electrons. The van der Waals surface area contributed by atoms with Gasteiger partial charge in [0.25, 0.3) is 0 Å². The van der Waals surface area contributed by atoms with E-state index in [0.29, 0.717) is 21.7 Å². The molecule has 1 nitrogen and oxygen atoms in total. The molecule has 0 aliphatic heterocycles. The third kappa shape index (κ3) is 3.74. The number of halogens is 4. The van der Waals surface area contributed by atoms with Crippen molar-refractivity contribution in [1.29, 1.82) is 0 Å². The summed E-state index contributed by atoms with van der Waals surface area (Å²) in [6, 6.07) is 8.78. The van der Waals surface area contributed by atoms with E-state index in [1.807, 2.05) is 19.1 Å². The Morgan fingerprint density at radius 2 is 1.85 bits per heavy atom. The van der Waals surface area contributed by atoms with Crippen molar-refractivity contribution in [3.8, 4) is 5.75 Å². The second-order valence-electron chi connectivity index (χ2n) is 4.37. The van der Waals surface area contributed by atoms with Crippen LogP contribution in [0.15, 0.2) is 39.3 Å². The first-order valence-corrected chi connectivity index (χ1v) is 8.05. The fourth-order valence-electron chi connectivity index (χ4n) is 1.89. The first-order chi connectivity index (χ1) is 9.51. The minimum absolute atomic E-state index is 0.172. The molecule has 0 unspecified atom stereocenters. The summed E-state index contributed by atoms with van der Waals surface area (Å²) < 4.78 is 21.2. The zero-order valence-corrected chi connectivity index (χ0v) is 14.6. The molecule has 0 heterocycles. The summed E-state index contributed by atoms with van der Waals surface area (Å²) in [5.74, 6) is 0.769. The zero-order chi connectivity index (χ0) is 14.7. The molecular formula is C15H12Br2ClFO. The summed E-state index contributed by atoms with van der Waals surface area (Å²) in [6.07, 6.45) is 0. The maximum absolute atomic E-state index is 13.8. The molecule has 0 radical (unpaired) electrons. The largest absolute Gasteiger partial charge is 0.488 e. The molecule has 0 aliphatic rings. The van der Waals surface area contributed by atoms with Gasteiger partial charge in [-0.25, -0.2) is 4.39 Å². The predicted octanol–water partition coefficient (Wildman–Crippen LogP) is 5.98. The Kier molecular flexibility index (Phi) is 5.47. The zero-order valence-electron chi connectivity index (χ0n) is 10.7. The second kappa shape index (κ2) is 6.92. The third-order valence-electron chi connectivity index (χ3n) is 2.85. The monoisotopic (exact) mass is 420 g/mol. The number of hydrogen-bond acceptors (Lipinski definition) is 1. The number of ether oxygens (including phenoxy) is 1. The summed E-state index contributed by atoms with van der Waals surface area (Å²) in [7, 11) is 0. The minimum atomic E-state index is -0.290. The van der Waals surface area contributed by atoms with Crippen LogP contribution in [0.25, 0.3) is 0 Å². The molecule has 0 bridgehead atoms. The fourth-order valence-corrected chi connectivity index (χ4v) is 3.05. The van der Waals surface area contributed by atoms with Crippen LogP contribution in [-0.2, 0) is 12.5 Å². The van der Waals surface area contributed by atoms with Crippen LogP contribution < -0.4 is 4.74 Å². The van der Waals surface area contributed by atoms with E-state index in [1.165, 1.54) is 6.07 Å². The quantitative estimate of drug-likeness (QED) is 0.551. The van der Waals surface area contributed by atoms with Gasteiger partial charge in [0.1, 0.15) is 18.2 Å². The molecule has 0 atom stereocenters. The Labute approximate surface area is 139 Å². The molecule has 2 rings (SSSR count). The van der Waals surface area contributed by atoms with Gasteiger partial charge in [-0.05, 0) is 36.8 Å². The van der Waals surface area contributed by atoms with E-state index in [0.717, 1.165) is 15.6 Å². The number of alkyl halides is 1. The number of benzene rings is 2. The fraction of sp³-hybridized carbons (Fsp3) is 0.200. The Balaban J connectivity index is 2.22. The van der Waals surface area contributed by atoms with Crippen molar-refractivity contribution in [1.82, 2.24) is 0 Å². The van der Waals surface area contributed by atoms with Gasteiger partial charge in [0, 0.05) is 20.1 Å². The van der Waals surface area contributed by atoms with Crippen LogP contribution >= 0.6 is 43.5 Å². The molecule has 0 aromatic heterocycles. The van der Waals surface area contributed by atoms with Crippen LogP contribution in [-0.4, -0.2) is 0 Å². The molecule has 0 N–H and O–H groups in total. The number of hydrogen-bond donors (Lipinski definition) is 0. The SMILES string of the molecule is Cc1cc(Br)cc(CCl)c1OCc1ccc(Br)cc1F. The van der Waals surface area contributed by atoms with Crippen LogP contribution in [0.3, 0.4) is 0 Å². The van der Waals surface area contributed by atoms with Crippen LogP contribution in [0.5, 0.6) is 5.75 Å². The van der Waals surface area contributed by atoms with Crippen molar-refractivity contribution in [2.45, 2.75) is 19.4 Å². The van der Waals surface area contributed by atoms with Gasteiger partial charge in [0.15, 0.2) is 0 Å². The van der Waals surface area contributed by atoms with Gasteiger partial charge >= 0.3 is 0 Å². The maximum Gasteiger partial charge on any atom is 0.130 e. The van der Waals surface area contributed by atoms with Gasteiger partial charge in [-0.3, -0.25) is 0 Å². The van der Waals surface area contributed by atoms with Crippen molar-refractivity contribution >= 4 is 43.5 Å². The second-order valence-corrected chi connectivity index (χ2v) is 6.47. The molecule has 20 heavy (non-hydrogen) atoms. The lowest BCUT2D eigenvalue weighted by molar-refractivity contribution is 0.295. The first kappa shape index (κ1) is 15.8. The van der Waals surface area contributed by atoms with Gasteiger partial charge < -0.3 is 4.74 Å². The molecule has 0 fully saturated rings. The standard InChI is InChI=1S/C15H12Br2ClFO/c1-9-4-13(17)5-11(7-18)15(9)20-8-10-2-3-12(16)6-14(10)19/h2-6H,7-8H2,1H3. The lowest BCUT2D eigenvalue weighted by Gasteiger charge is -2.14. The molecule has 2 aromatic rings. The van der Waals surface area contributed by atoms with E-state index < -0.39 is 0 Å². The van der Waals surface area contributed by atoms with Crippen molar-refractivity contribution in [3.05, 3.63) is 61.8 Å². The van der Waals surface area contributed by atoms with E-state index in [1.54, 1.807) is 12.1 Å². The van der Waals surface area contributed by atoms with Crippen LogP contribution in [0, 0.1) is 12.7 Å². The van der Waals surface area contributed by atoms with E-state index in [4.69, 9.17) is 16.3 Å². The summed E-state index contributed by atoms with van der Waals surface area (Å²) in [6.45, 7) is 2.11. The Hall–Kier alpha value is -0.580. The molecule has 0 saturated carbocycles. The van der Waals surface area contributed by atoms with Crippen molar-refractivity contribution in [2.24, 2.45) is 0 Å². The van der Waals surface area contributed by atoms with E-state index in [9.17, 15) is 4.39 Å². The number of aryl methyl sites for hydroxylation is 1. The summed E-state index contributed by atoms with van der Waals surface area (Å²) in [4.78, 5) is 0. The molecule has 0 spiro atoms. The van der Waals surface area contributed by atoms with Crippen molar-refractivity contribution < 1.29 is 9.13 Å². The van der Waals surface area contributed by atoms with Crippen LogP contribution in [0.2, 0.25) is 0 Å². The van der Waals surface area contributed by atoms with Gasteiger partial charge in [-0.2, -0.15) is 0 Å². The van der Waals surface area contributed by atoms with Crippen LogP contribution in [0.4, 0.5) is 4.39 Å². The average Bonchev–Trinajstić information content (AvgIpc) is 2.38. The predicted molar refractivity (Wildman–Crippen MR) is 86.9 cm³/mol. The Bertz CT molecular complexity index is 632. The van der Waals surface area contributed by atoms with Crippen molar-refractivity contribution in [2.75, 3.05) is 0 Å². The highest BCUT2D eigenvalue weighted by Gasteiger charge is 2.10. The van der Waals surface area contributed by atoms with Gasteiger partial charge in [-0.1, -0.05) is 37.9 Å². The highest BCUT2D eigenvalue weighted by molar-refractivity contribution is 9.10. The van der Waals surface area contributed by atoms with Gasteiger partial charge in [0.2, 0.25) is 0 Å². The molecule has 0 aliphatic carbocycles. The lowest BCUT2D eigenvalue weighted by Crippen LogP contribution is -2.02. The first-order valence-electron chi connectivity index (χ1n) is 5.93. The maximum atomic E-state index is 13.8. The van der Waals surface area contributed by atoms with Gasteiger partial charge in [0.05, 0.1) is 5.88 Å². The lowest BCUT2D eigenvalue weighted by atomic mass is 10.1. The molecule has 0 saturated heterocycles. The van der Waals surface area contributed by atoms with Crippen molar-refractivity contribution in [3.63, 3.8) is 0 Å². The topological polar surface area (TPSA) is 9.23 Å². The molecule has 2 aromatic carbocycles. The average molecular weight is 423 g/mol. The normalized spacial score (nSPS) is 10.7. The van der Waals surface area contributed by atoms with E-state index in [-0.39, 0.29) is 12.4 Å².